The second-order valence-electron chi connectivity index (χ2n) is 7.99. The van der Waals surface area contributed by atoms with E-state index in [1.807, 2.05) is 67.1 Å². The lowest BCUT2D eigenvalue weighted by molar-refractivity contribution is -0.122. The highest BCUT2D eigenvalue weighted by molar-refractivity contribution is 5.95. The average Bonchev–Trinajstić information content (AvgIpc) is 3.08. The molecule has 0 radical (unpaired) electrons. The van der Waals surface area contributed by atoms with Crippen LogP contribution < -0.4 is 5.32 Å². The Labute approximate surface area is 177 Å². The van der Waals surface area contributed by atoms with Crippen LogP contribution in [0.4, 0.5) is 5.69 Å². The Morgan fingerprint density at radius 3 is 2.60 bits per heavy atom. The first-order chi connectivity index (χ1) is 14.5. The number of carbonyl (C=O) groups is 1. The number of aromatic hydroxyl groups is 1. The molecule has 0 bridgehead atoms. The van der Waals surface area contributed by atoms with Crippen molar-refractivity contribution in [3.05, 3.63) is 71.5 Å². The number of nitrogens with zero attached hydrogens (tertiary/aromatic N) is 3. The van der Waals surface area contributed by atoms with Gasteiger partial charge in [-0.1, -0.05) is 24.6 Å². The van der Waals surface area contributed by atoms with Crippen molar-refractivity contribution in [3.8, 4) is 11.4 Å². The zero-order chi connectivity index (χ0) is 21.1. The molecule has 6 heteroatoms. The summed E-state index contributed by atoms with van der Waals surface area (Å²) in [5.74, 6) is 0.283. The molecule has 1 aliphatic heterocycles. The standard InChI is InChI=1S/C24H28N4O2/c1-17-15-18(2)28(26-17)21-12-10-20(11-13-21)25-24(30)22-8-5-6-14-27(22)16-19-7-3-4-9-23(19)29/h3-4,7,9-13,15,22,29H,5-6,8,14,16H2,1-2H3,(H,25,30)/t22-/m1/s1. The van der Waals surface area contributed by atoms with E-state index >= 15 is 0 Å². The molecule has 6 nitrogen and oxygen atoms in total. The monoisotopic (exact) mass is 404 g/mol. The molecule has 0 unspecified atom stereocenters. The molecular formula is C24H28N4O2. The lowest BCUT2D eigenvalue weighted by atomic mass is 10.00. The van der Waals surface area contributed by atoms with Crippen LogP contribution in [0.2, 0.25) is 0 Å². The minimum absolute atomic E-state index is 0.00369. The quantitative estimate of drug-likeness (QED) is 0.669. The highest BCUT2D eigenvalue weighted by Gasteiger charge is 2.29. The van der Waals surface area contributed by atoms with Crippen molar-refractivity contribution in [1.29, 1.82) is 0 Å². The van der Waals surface area contributed by atoms with Crippen molar-refractivity contribution in [3.63, 3.8) is 0 Å². The van der Waals surface area contributed by atoms with E-state index in [-0.39, 0.29) is 17.7 Å². The summed E-state index contributed by atoms with van der Waals surface area (Å²) in [5, 5.41) is 17.7. The smallest absolute Gasteiger partial charge is 0.241 e. The molecule has 156 valence electrons. The third-order valence-corrected chi connectivity index (χ3v) is 5.67. The Kier molecular flexibility index (Phi) is 5.86. The third kappa shape index (κ3) is 4.39. The molecule has 1 fully saturated rings. The van der Waals surface area contributed by atoms with Gasteiger partial charge in [-0.3, -0.25) is 9.69 Å². The molecular weight excluding hydrogens is 376 g/mol. The van der Waals surface area contributed by atoms with Crippen LogP contribution in [0.3, 0.4) is 0 Å². The zero-order valence-electron chi connectivity index (χ0n) is 17.5. The van der Waals surface area contributed by atoms with E-state index in [9.17, 15) is 9.90 Å². The highest BCUT2D eigenvalue weighted by Crippen LogP contribution is 2.25. The number of anilines is 1. The molecule has 1 aliphatic rings. The molecule has 0 spiro atoms. The number of phenols is 1. The number of aryl methyl sites for hydroxylation is 2. The van der Waals surface area contributed by atoms with Gasteiger partial charge in [0.25, 0.3) is 0 Å². The van der Waals surface area contributed by atoms with Crippen LogP contribution in [0.25, 0.3) is 5.69 Å². The summed E-state index contributed by atoms with van der Waals surface area (Å²) >= 11 is 0. The van der Waals surface area contributed by atoms with Gasteiger partial charge in [0.2, 0.25) is 5.91 Å². The molecule has 4 rings (SSSR count). The van der Waals surface area contributed by atoms with E-state index < -0.39 is 0 Å². The molecule has 30 heavy (non-hydrogen) atoms. The number of piperidine rings is 1. The largest absolute Gasteiger partial charge is 0.508 e. The first kappa shape index (κ1) is 20.2. The topological polar surface area (TPSA) is 70.4 Å². The maximum atomic E-state index is 13.0. The maximum absolute atomic E-state index is 13.0. The van der Waals surface area contributed by atoms with Gasteiger partial charge in [0, 0.05) is 23.5 Å². The first-order valence-corrected chi connectivity index (χ1v) is 10.5. The molecule has 2 heterocycles. The number of phenolic OH excluding ortho intramolecular Hbond substituents is 1. The van der Waals surface area contributed by atoms with E-state index in [1.54, 1.807) is 6.07 Å². The highest BCUT2D eigenvalue weighted by atomic mass is 16.3. The van der Waals surface area contributed by atoms with Crippen LogP contribution in [-0.2, 0) is 11.3 Å². The minimum Gasteiger partial charge on any atom is -0.508 e. The second-order valence-corrected chi connectivity index (χ2v) is 7.99. The SMILES string of the molecule is Cc1cc(C)n(-c2ccc(NC(=O)[C@H]3CCCCN3Cc3ccccc3O)cc2)n1. The number of amides is 1. The lowest BCUT2D eigenvalue weighted by Gasteiger charge is -2.34. The molecule has 1 saturated heterocycles. The normalized spacial score (nSPS) is 17.1. The van der Waals surface area contributed by atoms with Gasteiger partial charge < -0.3 is 10.4 Å². The van der Waals surface area contributed by atoms with Crippen molar-refractivity contribution in [2.24, 2.45) is 0 Å². The van der Waals surface area contributed by atoms with Gasteiger partial charge >= 0.3 is 0 Å². The van der Waals surface area contributed by atoms with Gasteiger partial charge in [-0.15, -0.1) is 0 Å². The number of hydrogen-bond donors (Lipinski definition) is 2. The molecule has 0 saturated carbocycles. The number of hydrogen-bond acceptors (Lipinski definition) is 4. The zero-order valence-corrected chi connectivity index (χ0v) is 17.5. The van der Waals surface area contributed by atoms with Crippen LogP contribution in [0.1, 0.15) is 36.2 Å². The predicted molar refractivity (Wildman–Crippen MR) is 118 cm³/mol. The van der Waals surface area contributed by atoms with E-state index in [0.29, 0.717) is 6.54 Å². The number of benzene rings is 2. The Morgan fingerprint density at radius 2 is 1.90 bits per heavy atom. The molecule has 1 amide bonds. The van der Waals surface area contributed by atoms with Crippen LogP contribution in [-0.4, -0.2) is 38.3 Å². The summed E-state index contributed by atoms with van der Waals surface area (Å²) < 4.78 is 1.90. The number of carbonyl (C=O) groups excluding carboxylic acids is 1. The molecule has 0 aliphatic carbocycles. The van der Waals surface area contributed by atoms with E-state index in [0.717, 1.165) is 54.1 Å². The van der Waals surface area contributed by atoms with E-state index in [4.69, 9.17) is 0 Å². The Morgan fingerprint density at radius 1 is 1.13 bits per heavy atom. The van der Waals surface area contributed by atoms with Gasteiger partial charge in [-0.05, 0) is 69.6 Å². The van der Waals surface area contributed by atoms with E-state index in [2.05, 4.69) is 15.3 Å². The fourth-order valence-electron chi connectivity index (χ4n) is 4.14. The third-order valence-electron chi connectivity index (χ3n) is 5.67. The number of likely N-dealkylation sites (tertiary alicyclic amines) is 1. The number of nitrogens with one attached hydrogen (secondary N) is 1. The van der Waals surface area contributed by atoms with Crippen LogP contribution >= 0.6 is 0 Å². The lowest BCUT2D eigenvalue weighted by Crippen LogP contribution is -2.46. The molecule has 1 aromatic heterocycles. The van der Waals surface area contributed by atoms with Gasteiger partial charge in [-0.2, -0.15) is 5.10 Å². The Bertz CT molecular complexity index is 1030. The summed E-state index contributed by atoms with van der Waals surface area (Å²) in [6.07, 6.45) is 2.92. The maximum Gasteiger partial charge on any atom is 0.241 e. The molecule has 3 aromatic rings. The van der Waals surface area contributed by atoms with Crippen LogP contribution in [0.5, 0.6) is 5.75 Å². The number of rotatable bonds is 5. The van der Waals surface area contributed by atoms with Gasteiger partial charge in [-0.25, -0.2) is 4.68 Å². The van der Waals surface area contributed by atoms with Crippen molar-refractivity contribution in [2.75, 3.05) is 11.9 Å². The fourth-order valence-corrected chi connectivity index (χ4v) is 4.14. The van der Waals surface area contributed by atoms with Gasteiger partial charge in [0.05, 0.1) is 17.4 Å². The minimum atomic E-state index is -0.200. The van der Waals surface area contributed by atoms with Crippen LogP contribution in [0.15, 0.2) is 54.6 Å². The second kappa shape index (κ2) is 8.71. The summed E-state index contributed by atoms with van der Waals surface area (Å²) in [4.78, 5) is 15.2. The van der Waals surface area contributed by atoms with E-state index in [1.165, 1.54) is 0 Å². The van der Waals surface area contributed by atoms with Gasteiger partial charge in [0.15, 0.2) is 0 Å². The van der Waals surface area contributed by atoms with Crippen molar-refractivity contribution < 1.29 is 9.90 Å². The Hall–Kier alpha value is -3.12. The van der Waals surface area contributed by atoms with Crippen molar-refractivity contribution in [1.82, 2.24) is 14.7 Å². The molecule has 2 aromatic carbocycles. The molecule has 2 N–H and O–H groups in total. The molecule has 1 atom stereocenters. The Balaban J connectivity index is 1.45. The summed E-state index contributed by atoms with van der Waals surface area (Å²) in [7, 11) is 0. The van der Waals surface area contributed by atoms with Gasteiger partial charge in [0.1, 0.15) is 5.75 Å². The average molecular weight is 405 g/mol. The summed E-state index contributed by atoms with van der Waals surface area (Å²) in [6.45, 7) is 5.42. The number of aromatic nitrogens is 2. The summed E-state index contributed by atoms with van der Waals surface area (Å²) in [5.41, 5.74) is 4.65. The van der Waals surface area contributed by atoms with Crippen LogP contribution in [0, 0.1) is 13.8 Å². The summed E-state index contributed by atoms with van der Waals surface area (Å²) in [6, 6.07) is 16.9. The van der Waals surface area contributed by atoms with Crippen molar-refractivity contribution >= 4 is 11.6 Å². The predicted octanol–water partition coefficient (Wildman–Crippen LogP) is 4.19. The first-order valence-electron chi connectivity index (χ1n) is 10.5. The van der Waals surface area contributed by atoms with Crippen molar-refractivity contribution in [2.45, 2.75) is 45.7 Å². The number of para-hydroxylation sites is 1. The fraction of sp³-hybridized carbons (Fsp3) is 0.333.